The maximum atomic E-state index is 12.1. The van der Waals surface area contributed by atoms with E-state index in [1.165, 1.54) is 32.1 Å². The molecular weight excluding hydrogens is 224 g/mol. The van der Waals surface area contributed by atoms with Crippen LogP contribution in [0.1, 0.15) is 71.1 Å². The van der Waals surface area contributed by atoms with Gasteiger partial charge in [-0.1, -0.05) is 25.7 Å². The highest BCUT2D eigenvalue weighted by molar-refractivity contribution is 5.77. The second kappa shape index (κ2) is 6.05. The van der Waals surface area contributed by atoms with Crippen molar-refractivity contribution in [2.45, 2.75) is 82.7 Å². The Balaban J connectivity index is 1.77. The molecule has 2 fully saturated rings. The van der Waals surface area contributed by atoms with Crippen LogP contribution in [0.15, 0.2) is 0 Å². The first-order valence-corrected chi connectivity index (χ1v) is 7.64. The average Bonchev–Trinajstić information content (AvgIpc) is 2.28. The van der Waals surface area contributed by atoms with Crippen molar-refractivity contribution < 1.29 is 4.79 Å². The van der Waals surface area contributed by atoms with Crippen molar-refractivity contribution in [2.24, 2.45) is 11.7 Å². The molecule has 3 N–H and O–H groups in total. The predicted octanol–water partition coefficient (Wildman–Crippen LogP) is 2.73. The maximum Gasteiger partial charge on any atom is 0.220 e. The van der Waals surface area contributed by atoms with Crippen molar-refractivity contribution >= 4 is 5.91 Å². The molecule has 0 aromatic heterocycles. The number of carbonyl (C=O) groups is 1. The van der Waals surface area contributed by atoms with Gasteiger partial charge in [0.05, 0.1) is 0 Å². The monoisotopic (exact) mass is 252 g/mol. The third-order valence-corrected chi connectivity index (χ3v) is 4.70. The molecule has 2 rings (SSSR count). The molecule has 0 spiro atoms. The molecule has 1 amide bonds. The van der Waals surface area contributed by atoms with Gasteiger partial charge >= 0.3 is 0 Å². The lowest BCUT2D eigenvalue weighted by Crippen LogP contribution is -2.47. The number of amides is 1. The lowest BCUT2D eigenvalue weighted by Gasteiger charge is -2.35. The second-order valence-corrected chi connectivity index (χ2v) is 6.67. The quantitative estimate of drug-likeness (QED) is 0.811. The molecule has 0 aromatic carbocycles. The Morgan fingerprint density at radius 3 is 2.61 bits per heavy atom. The number of rotatable bonds is 3. The Kier molecular flexibility index (Phi) is 4.66. The highest BCUT2D eigenvalue weighted by Gasteiger charge is 2.29. The molecule has 3 nitrogen and oxygen atoms in total. The summed E-state index contributed by atoms with van der Waals surface area (Å²) in [6.45, 7) is 2.21. The van der Waals surface area contributed by atoms with Crippen LogP contribution < -0.4 is 11.1 Å². The lowest BCUT2D eigenvalue weighted by atomic mass is 9.81. The highest BCUT2D eigenvalue weighted by atomic mass is 16.1. The van der Waals surface area contributed by atoms with Gasteiger partial charge in [-0.25, -0.2) is 0 Å². The van der Waals surface area contributed by atoms with E-state index in [0.717, 1.165) is 25.7 Å². The van der Waals surface area contributed by atoms with Crippen LogP contribution in [0.25, 0.3) is 0 Å². The van der Waals surface area contributed by atoms with Crippen LogP contribution in [0, 0.1) is 5.92 Å². The van der Waals surface area contributed by atoms with E-state index >= 15 is 0 Å². The Hall–Kier alpha value is -0.570. The minimum absolute atomic E-state index is 0.0616. The molecule has 0 aliphatic heterocycles. The van der Waals surface area contributed by atoms with Gasteiger partial charge in [-0.05, 0) is 44.9 Å². The van der Waals surface area contributed by atoms with Crippen LogP contribution in [0.3, 0.4) is 0 Å². The fraction of sp³-hybridized carbons (Fsp3) is 0.933. The van der Waals surface area contributed by atoms with E-state index in [0.29, 0.717) is 18.4 Å². The molecule has 104 valence electrons. The first-order chi connectivity index (χ1) is 8.57. The van der Waals surface area contributed by atoms with Gasteiger partial charge in [-0.2, -0.15) is 0 Å². The van der Waals surface area contributed by atoms with Crippen molar-refractivity contribution in [1.29, 1.82) is 0 Å². The summed E-state index contributed by atoms with van der Waals surface area (Å²) in [6, 6.07) is 0.321. The van der Waals surface area contributed by atoms with E-state index in [9.17, 15) is 4.79 Å². The Morgan fingerprint density at radius 1 is 1.22 bits per heavy atom. The zero-order chi connectivity index (χ0) is 13.0. The van der Waals surface area contributed by atoms with Gasteiger partial charge < -0.3 is 11.1 Å². The van der Waals surface area contributed by atoms with Gasteiger partial charge in [-0.15, -0.1) is 0 Å². The zero-order valence-electron chi connectivity index (χ0n) is 11.7. The standard InChI is InChI=1S/C15H28N2O/c1-15(8-3-2-4-9-15)17-14(18)11-12-6-5-7-13(16)10-12/h12-13H,2-11,16H2,1H3,(H,17,18). The van der Waals surface area contributed by atoms with E-state index in [1.807, 2.05) is 0 Å². The van der Waals surface area contributed by atoms with Crippen LogP contribution in [0.4, 0.5) is 0 Å². The third kappa shape index (κ3) is 3.98. The van der Waals surface area contributed by atoms with Gasteiger partial charge in [0.2, 0.25) is 5.91 Å². The Bertz CT molecular complexity index is 284. The first-order valence-electron chi connectivity index (χ1n) is 7.64. The van der Waals surface area contributed by atoms with Gasteiger partial charge in [0, 0.05) is 18.0 Å². The number of hydrogen-bond donors (Lipinski definition) is 2. The van der Waals surface area contributed by atoms with E-state index in [-0.39, 0.29) is 11.4 Å². The molecule has 0 saturated heterocycles. The number of hydrogen-bond acceptors (Lipinski definition) is 2. The van der Waals surface area contributed by atoms with Crippen LogP contribution in [0.5, 0.6) is 0 Å². The lowest BCUT2D eigenvalue weighted by molar-refractivity contribution is -0.124. The normalized spacial score (nSPS) is 31.9. The highest BCUT2D eigenvalue weighted by Crippen LogP contribution is 2.29. The summed E-state index contributed by atoms with van der Waals surface area (Å²) in [5.41, 5.74) is 6.04. The summed E-state index contributed by atoms with van der Waals surface area (Å²) >= 11 is 0. The molecule has 0 radical (unpaired) electrons. The molecule has 2 saturated carbocycles. The molecule has 0 bridgehead atoms. The minimum Gasteiger partial charge on any atom is -0.351 e. The SMILES string of the molecule is CC1(NC(=O)CC2CCCC(N)C2)CCCCC1. The van der Waals surface area contributed by atoms with Crippen LogP contribution >= 0.6 is 0 Å². The molecule has 18 heavy (non-hydrogen) atoms. The summed E-state index contributed by atoms with van der Waals surface area (Å²) < 4.78 is 0. The molecule has 3 heteroatoms. The third-order valence-electron chi connectivity index (χ3n) is 4.70. The average molecular weight is 252 g/mol. The van der Waals surface area contributed by atoms with E-state index in [4.69, 9.17) is 5.73 Å². The Morgan fingerprint density at radius 2 is 1.94 bits per heavy atom. The van der Waals surface area contributed by atoms with E-state index in [2.05, 4.69) is 12.2 Å². The summed E-state index contributed by atoms with van der Waals surface area (Å²) in [5, 5.41) is 3.28. The van der Waals surface area contributed by atoms with Crippen LogP contribution in [0.2, 0.25) is 0 Å². The zero-order valence-corrected chi connectivity index (χ0v) is 11.7. The van der Waals surface area contributed by atoms with Crippen molar-refractivity contribution in [2.75, 3.05) is 0 Å². The van der Waals surface area contributed by atoms with Gasteiger partial charge in [0.15, 0.2) is 0 Å². The van der Waals surface area contributed by atoms with Gasteiger partial charge in [-0.3, -0.25) is 4.79 Å². The van der Waals surface area contributed by atoms with E-state index in [1.54, 1.807) is 0 Å². The molecule has 2 aliphatic carbocycles. The molecule has 2 unspecified atom stereocenters. The first kappa shape index (κ1) is 13.9. The number of nitrogens with one attached hydrogen (secondary N) is 1. The molecule has 0 aromatic rings. The molecule has 2 aliphatic rings. The van der Waals surface area contributed by atoms with Gasteiger partial charge in [0.25, 0.3) is 0 Å². The minimum atomic E-state index is 0.0616. The topological polar surface area (TPSA) is 55.1 Å². The fourth-order valence-corrected chi connectivity index (χ4v) is 3.62. The summed E-state index contributed by atoms with van der Waals surface area (Å²) in [7, 11) is 0. The van der Waals surface area contributed by atoms with E-state index < -0.39 is 0 Å². The summed E-state index contributed by atoms with van der Waals surface area (Å²) in [4.78, 5) is 12.1. The fourth-order valence-electron chi connectivity index (χ4n) is 3.62. The van der Waals surface area contributed by atoms with Crippen LogP contribution in [-0.2, 0) is 4.79 Å². The second-order valence-electron chi connectivity index (χ2n) is 6.67. The molecular formula is C15H28N2O. The van der Waals surface area contributed by atoms with Crippen molar-refractivity contribution in [3.05, 3.63) is 0 Å². The van der Waals surface area contributed by atoms with Gasteiger partial charge in [0.1, 0.15) is 0 Å². The number of carbonyl (C=O) groups excluding carboxylic acids is 1. The smallest absolute Gasteiger partial charge is 0.220 e. The number of nitrogens with two attached hydrogens (primary N) is 1. The van der Waals surface area contributed by atoms with Crippen LogP contribution in [-0.4, -0.2) is 17.5 Å². The Labute approximate surface area is 111 Å². The van der Waals surface area contributed by atoms with Crippen molar-refractivity contribution in [1.82, 2.24) is 5.32 Å². The predicted molar refractivity (Wildman–Crippen MR) is 74.2 cm³/mol. The summed E-state index contributed by atoms with van der Waals surface area (Å²) in [6.07, 6.45) is 11.3. The summed E-state index contributed by atoms with van der Waals surface area (Å²) in [5.74, 6) is 0.763. The molecule has 2 atom stereocenters. The maximum absolute atomic E-state index is 12.1. The largest absolute Gasteiger partial charge is 0.351 e. The molecule has 0 heterocycles. The van der Waals surface area contributed by atoms with Crippen molar-refractivity contribution in [3.63, 3.8) is 0 Å². The van der Waals surface area contributed by atoms with Crippen molar-refractivity contribution in [3.8, 4) is 0 Å².